The monoisotopic (exact) mass is 247 g/mol. The highest BCUT2D eigenvalue weighted by Gasteiger charge is 2.10. The van der Waals surface area contributed by atoms with E-state index < -0.39 is 6.09 Å². The molecule has 0 spiro atoms. The Bertz CT molecular complexity index is 405. The number of nitrogens with one attached hydrogen (secondary N) is 1. The zero-order valence-electron chi connectivity index (χ0n) is 8.40. The predicted molar refractivity (Wildman–Crippen MR) is 60.8 cm³/mol. The molecule has 1 amide bonds. The minimum Gasteiger partial charge on any atom is -0.465 e. The van der Waals surface area contributed by atoms with Crippen LogP contribution in [-0.2, 0) is 6.54 Å². The van der Waals surface area contributed by atoms with Crippen LogP contribution >= 0.6 is 23.2 Å². The van der Waals surface area contributed by atoms with Crippen molar-refractivity contribution in [2.45, 2.75) is 20.4 Å². The third kappa shape index (κ3) is 2.76. The summed E-state index contributed by atoms with van der Waals surface area (Å²) in [5, 5.41) is 11.9. The van der Waals surface area contributed by atoms with Gasteiger partial charge in [-0.1, -0.05) is 23.2 Å². The molecule has 5 heteroatoms. The Morgan fingerprint density at radius 1 is 1.40 bits per heavy atom. The molecule has 0 saturated heterocycles. The van der Waals surface area contributed by atoms with E-state index in [9.17, 15) is 4.79 Å². The van der Waals surface area contributed by atoms with Crippen molar-refractivity contribution in [2.24, 2.45) is 0 Å². The SMILES string of the molecule is Cc1c(Cl)cc(CNC(=O)O)c(Cl)c1C. The lowest BCUT2D eigenvalue weighted by Gasteiger charge is -2.11. The molecule has 0 aromatic heterocycles. The smallest absolute Gasteiger partial charge is 0.404 e. The Morgan fingerprint density at radius 3 is 2.53 bits per heavy atom. The number of hydrogen-bond donors (Lipinski definition) is 2. The summed E-state index contributed by atoms with van der Waals surface area (Å²) in [4.78, 5) is 10.3. The molecule has 2 N–H and O–H groups in total. The summed E-state index contributed by atoms with van der Waals surface area (Å²) in [6, 6.07) is 1.68. The fourth-order valence-electron chi connectivity index (χ4n) is 1.21. The molecule has 0 bridgehead atoms. The van der Waals surface area contributed by atoms with Crippen molar-refractivity contribution in [3.8, 4) is 0 Å². The lowest BCUT2D eigenvalue weighted by molar-refractivity contribution is 0.194. The van der Waals surface area contributed by atoms with Gasteiger partial charge in [0.25, 0.3) is 0 Å². The molecule has 0 aliphatic heterocycles. The van der Waals surface area contributed by atoms with Crippen molar-refractivity contribution in [1.29, 1.82) is 0 Å². The van der Waals surface area contributed by atoms with Gasteiger partial charge in [-0.2, -0.15) is 0 Å². The first-order valence-corrected chi connectivity index (χ1v) is 5.10. The Labute approximate surface area is 98.0 Å². The molecule has 1 rings (SSSR count). The highest BCUT2D eigenvalue weighted by Crippen LogP contribution is 2.29. The van der Waals surface area contributed by atoms with E-state index >= 15 is 0 Å². The molecular weight excluding hydrogens is 237 g/mol. The molecule has 0 aliphatic rings. The Balaban J connectivity index is 3.04. The van der Waals surface area contributed by atoms with Gasteiger partial charge in [-0.15, -0.1) is 0 Å². The Kier molecular flexibility index (Phi) is 3.83. The summed E-state index contributed by atoms with van der Waals surface area (Å²) in [6.07, 6.45) is -1.08. The maximum atomic E-state index is 10.3. The first-order chi connectivity index (χ1) is 6.93. The van der Waals surface area contributed by atoms with Crippen LogP contribution in [0.25, 0.3) is 0 Å². The average molecular weight is 248 g/mol. The van der Waals surface area contributed by atoms with Crippen LogP contribution in [0.3, 0.4) is 0 Å². The summed E-state index contributed by atoms with van der Waals surface area (Å²) < 4.78 is 0. The minimum absolute atomic E-state index is 0.162. The summed E-state index contributed by atoms with van der Waals surface area (Å²) in [6.45, 7) is 3.89. The van der Waals surface area contributed by atoms with Crippen LogP contribution in [0.15, 0.2) is 6.07 Å². The number of carboxylic acid groups (broad SMARTS) is 1. The van der Waals surface area contributed by atoms with E-state index in [2.05, 4.69) is 5.32 Å². The molecule has 0 unspecified atom stereocenters. The second-order valence-corrected chi connectivity index (χ2v) is 4.03. The zero-order chi connectivity index (χ0) is 11.6. The van der Waals surface area contributed by atoms with Crippen molar-refractivity contribution in [2.75, 3.05) is 0 Å². The van der Waals surface area contributed by atoms with E-state index in [0.29, 0.717) is 15.6 Å². The van der Waals surface area contributed by atoms with Crippen molar-refractivity contribution in [3.05, 3.63) is 32.8 Å². The van der Waals surface area contributed by atoms with E-state index in [4.69, 9.17) is 28.3 Å². The molecule has 0 aliphatic carbocycles. The third-order valence-electron chi connectivity index (χ3n) is 2.26. The zero-order valence-corrected chi connectivity index (χ0v) is 9.91. The highest BCUT2D eigenvalue weighted by atomic mass is 35.5. The number of benzene rings is 1. The van der Waals surface area contributed by atoms with Gasteiger partial charge < -0.3 is 10.4 Å². The predicted octanol–water partition coefficient (Wildman–Crippen LogP) is 3.38. The fourth-order valence-corrected chi connectivity index (χ4v) is 1.75. The van der Waals surface area contributed by atoms with Crippen molar-refractivity contribution in [1.82, 2.24) is 5.32 Å². The molecule has 3 nitrogen and oxygen atoms in total. The lowest BCUT2D eigenvalue weighted by Crippen LogP contribution is -2.20. The summed E-state index contributed by atoms with van der Waals surface area (Å²) in [5.41, 5.74) is 2.49. The Hall–Kier alpha value is -0.930. The second-order valence-electron chi connectivity index (χ2n) is 3.24. The maximum absolute atomic E-state index is 10.3. The number of carbonyl (C=O) groups is 1. The van der Waals surface area contributed by atoms with Gasteiger partial charge >= 0.3 is 6.09 Å². The fraction of sp³-hybridized carbons (Fsp3) is 0.300. The van der Waals surface area contributed by atoms with Crippen LogP contribution in [0.2, 0.25) is 10.0 Å². The molecule has 0 saturated carbocycles. The number of amides is 1. The van der Waals surface area contributed by atoms with Crippen molar-refractivity contribution in [3.63, 3.8) is 0 Å². The van der Waals surface area contributed by atoms with E-state index in [0.717, 1.165) is 11.1 Å². The molecule has 0 heterocycles. The van der Waals surface area contributed by atoms with Crippen LogP contribution in [0.1, 0.15) is 16.7 Å². The topological polar surface area (TPSA) is 49.3 Å². The van der Waals surface area contributed by atoms with Crippen molar-refractivity contribution < 1.29 is 9.90 Å². The molecule has 0 radical (unpaired) electrons. The number of halogens is 2. The molecule has 82 valence electrons. The van der Waals surface area contributed by atoms with Crippen LogP contribution in [-0.4, -0.2) is 11.2 Å². The average Bonchev–Trinajstić information content (AvgIpc) is 2.18. The minimum atomic E-state index is -1.08. The van der Waals surface area contributed by atoms with Crippen LogP contribution in [0, 0.1) is 13.8 Å². The summed E-state index contributed by atoms with van der Waals surface area (Å²) in [5.74, 6) is 0. The first-order valence-electron chi connectivity index (χ1n) is 4.34. The highest BCUT2D eigenvalue weighted by molar-refractivity contribution is 6.34. The van der Waals surface area contributed by atoms with E-state index in [1.807, 2.05) is 13.8 Å². The van der Waals surface area contributed by atoms with E-state index in [1.54, 1.807) is 6.07 Å². The normalized spacial score (nSPS) is 10.1. The molecule has 0 fully saturated rings. The first kappa shape index (κ1) is 12.1. The van der Waals surface area contributed by atoms with Gasteiger partial charge in [0, 0.05) is 16.6 Å². The standard InChI is InChI=1S/C10H11Cl2NO2/c1-5-6(2)9(12)7(3-8(5)11)4-13-10(14)15/h3,13H,4H2,1-2H3,(H,14,15). The van der Waals surface area contributed by atoms with Crippen molar-refractivity contribution >= 4 is 29.3 Å². The van der Waals surface area contributed by atoms with E-state index in [-0.39, 0.29) is 6.54 Å². The van der Waals surface area contributed by atoms with Gasteiger partial charge in [0.15, 0.2) is 0 Å². The second kappa shape index (κ2) is 4.73. The van der Waals surface area contributed by atoms with Crippen LogP contribution < -0.4 is 5.32 Å². The maximum Gasteiger partial charge on any atom is 0.404 e. The summed E-state index contributed by atoms with van der Waals surface area (Å²) >= 11 is 12.0. The summed E-state index contributed by atoms with van der Waals surface area (Å²) in [7, 11) is 0. The molecule has 15 heavy (non-hydrogen) atoms. The van der Waals surface area contributed by atoms with Gasteiger partial charge in [0.05, 0.1) is 0 Å². The Morgan fingerprint density at radius 2 is 2.00 bits per heavy atom. The quantitative estimate of drug-likeness (QED) is 0.842. The number of hydrogen-bond acceptors (Lipinski definition) is 1. The van der Waals surface area contributed by atoms with Gasteiger partial charge in [-0.3, -0.25) is 0 Å². The van der Waals surface area contributed by atoms with E-state index in [1.165, 1.54) is 0 Å². The molecular formula is C10H11Cl2NO2. The van der Waals surface area contributed by atoms with Gasteiger partial charge in [-0.05, 0) is 36.6 Å². The lowest BCUT2D eigenvalue weighted by atomic mass is 10.1. The van der Waals surface area contributed by atoms with Gasteiger partial charge in [0.2, 0.25) is 0 Å². The molecule has 1 aromatic carbocycles. The molecule has 1 aromatic rings. The number of rotatable bonds is 2. The van der Waals surface area contributed by atoms with Gasteiger partial charge in [0.1, 0.15) is 0 Å². The third-order valence-corrected chi connectivity index (χ3v) is 3.18. The van der Waals surface area contributed by atoms with Crippen LogP contribution in [0.4, 0.5) is 4.79 Å². The largest absolute Gasteiger partial charge is 0.465 e. The van der Waals surface area contributed by atoms with Crippen LogP contribution in [0.5, 0.6) is 0 Å². The molecule has 0 atom stereocenters. The van der Waals surface area contributed by atoms with Gasteiger partial charge in [-0.25, -0.2) is 4.79 Å².